The lowest BCUT2D eigenvalue weighted by atomic mass is 10.0. The van der Waals surface area contributed by atoms with E-state index in [-0.39, 0.29) is 0 Å². The fraction of sp³-hybridized carbons (Fsp3) is 0. The minimum atomic E-state index is 0.712. The lowest BCUT2D eigenvalue weighted by Gasteiger charge is -2.05. The van der Waals surface area contributed by atoms with Gasteiger partial charge in [0, 0.05) is 16.0 Å². The van der Waals surface area contributed by atoms with E-state index in [9.17, 15) is 4.79 Å². The van der Waals surface area contributed by atoms with Crippen LogP contribution in [0.3, 0.4) is 0 Å². The van der Waals surface area contributed by atoms with E-state index in [0.29, 0.717) is 5.56 Å². The fourth-order valence-electron chi connectivity index (χ4n) is 2.14. The minimum Gasteiger partial charge on any atom is -0.298 e. The second-order valence-electron chi connectivity index (χ2n) is 4.00. The molecule has 1 nitrogen and oxygen atoms in total. The van der Waals surface area contributed by atoms with Crippen molar-refractivity contribution < 1.29 is 4.79 Å². The molecule has 0 heterocycles. The van der Waals surface area contributed by atoms with Crippen LogP contribution >= 0.6 is 11.6 Å². The van der Waals surface area contributed by atoms with Gasteiger partial charge in [-0.2, -0.15) is 0 Å². The molecule has 0 aliphatic rings. The monoisotopic (exact) mass is 240 g/mol. The maximum Gasteiger partial charge on any atom is 0.150 e. The first-order chi connectivity index (χ1) is 8.29. The van der Waals surface area contributed by atoms with Crippen LogP contribution in [0.1, 0.15) is 10.4 Å². The van der Waals surface area contributed by atoms with Gasteiger partial charge in [-0.25, -0.2) is 0 Å². The van der Waals surface area contributed by atoms with Gasteiger partial charge < -0.3 is 0 Å². The fourth-order valence-corrected chi connectivity index (χ4v) is 2.38. The summed E-state index contributed by atoms with van der Waals surface area (Å²) >= 11 is 6.16. The molecule has 0 saturated heterocycles. The maximum atomic E-state index is 11.0. The van der Waals surface area contributed by atoms with Crippen LogP contribution in [0.5, 0.6) is 0 Å². The van der Waals surface area contributed by atoms with E-state index in [1.54, 1.807) is 0 Å². The van der Waals surface area contributed by atoms with Crippen molar-refractivity contribution in [2.45, 2.75) is 0 Å². The smallest absolute Gasteiger partial charge is 0.150 e. The van der Waals surface area contributed by atoms with E-state index >= 15 is 0 Å². The molecule has 0 aliphatic heterocycles. The summed E-state index contributed by atoms with van der Waals surface area (Å²) in [5.41, 5.74) is 0.712. The molecule has 0 N–H and O–H groups in total. The number of rotatable bonds is 1. The van der Waals surface area contributed by atoms with Crippen molar-refractivity contribution in [3.63, 3.8) is 0 Å². The number of fused-ring (bicyclic) bond motifs is 2. The van der Waals surface area contributed by atoms with Gasteiger partial charge in [0.1, 0.15) is 0 Å². The molecule has 0 saturated carbocycles. The number of halogens is 1. The Labute approximate surface area is 104 Å². The average Bonchev–Trinajstić information content (AvgIpc) is 2.36. The van der Waals surface area contributed by atoms with Crippen LogP contribution in [0.4, 0.5) is 0 Å². The third kappa shape index (κ3) is 1.60. The molecule has 3 rings (SSSR count). The van der Waals surface area contributed by atoms with Gasteiger partial charge in [-0.1, -0.05) is 41.9 Å². The van der Waals surface area contributed by atoms with Crippen molar-refractivity contribution in [2.75, 3.05) is 0 Å². The second kappa shape index (κ2) is 3.86. The Morgan fingerprint density at radius 1 is 0.882 bits per heavy atom. The number of carbonyl (C=O) groups is 1. The lowest BCUT2D eigenvalue weighted by molar-refractivity contribution is 0.112. The maximum absolute atomic E-state index is 11.0. The quantitative estimate of drug-likeness (QED) is 0.453. The largest absolute Gasteiger partial charge is 0.298 e. The Balaban J connectivity index is 2.52. The number of hydrogen-bond donors (Lipinski definition) is 0. The topological polar surface area (TPSA) is 17.1 Å². The van der Waals surface area contributed by atoms with Crippen LogP contribution < -0.4 is 0 Å². The van der Waals surface area contributed by atoms with Crippen LogP contribution in [-0.4, -0.2) is 6.29 Å². The normalized spacial score (nSPS) is 10.9. The Hall–Kier alpha value is -1.86. The molecule has 0 aromatic heterocycles. The average molecular weight is 241 g/mol. The van der Waals surface area contributed by atoms with Crippen molar-refractivity contribution >= 4 is 39.4 Å². The van der Waals surface area contributed by atoms with Gasteiger partial charge in [-0.3, -0.25) is 4.79 Å². The molecule has 0 bridgehead atoms. The summed E-state index contributed by atoms with van der Waals surface area (Å²) in [5, 5.41) is 4.82. The Kier molecular flexibility index (Phi) is 2.34. The van der Waals surface area contributed by atoms with Crippen molar-refractivity contribution in [2.24, 2.45) is 0 Å². The molecule has 3 aromatic rings. The minimum absolute atomic E-state index is 0.712. The van der Waals surface area contributed by atoms with Crippen molar-refractivity contribution in [1.82, 2.24) is 0 Å². The molecular formula is C15H9ClO. The highest BCUT2D eigenvalue weighted by atomic mass is 35.5. The summed E-state index contributed by atoms with van der Waals surface area (Å²) < 4.78 is 0. The zero-order valence-corrected chi connectivity index (χ0v) is 9.74. The molecule has 0 spiro atoms. The van der Waals surface area contributed by atoms with E-state index in [1.807, 2.05) is 48.5 Å². The molecule has 0 unspecified atom stereocenters. The van der Waals surface area contributed by atoms with Crippen LogP contribution in [0.2, 0.25) is 5.02 Å². The van der Waals surface area contributed by atoms with Gasteiger partial charge in [-0.15, -0.1) is 0 Å². The summed E-state index contributed by atoms with van der Waals surface area (Å²) in [6.07, 6.45) is 0.888. The highest BCUT2D eigenvalue weighted by Crippen LogP contribution is 2.29. The summed E-state index contributed by atoms with van der Waals surface area (Å²) in [6.45, 7) is 0. The lowest BCUT2D eigenvalue weighted by Crippen LogP contribution is -1.84. The summed E-state index contributed by atoms with van der Waals surface area (Å²) in [6, 6.07) is 15.5. The number of aldehydes is 1. The Morgan fingerprint density at radius 3 is 2.29 bits per heavy atom. The number of carbonyl (C=O) groups excluding carboxylic acids is 1. The molecule has 17 heavy (non-hydrogen) atoms. The van der Waals surface area contributed by atoms with Gasteiger partial charge >= 0.3 is 0 Å². The van der Waals surface area contributed by atoms with Crippen LogP contribution in [0.15, 0.2) is 48.5 Å². The molecule has 0 radical (unpaired) electrons. The summed E-state index contributed by atoms with van der Waals surface area (Å²) in [4.78, 5) is 11.0. The van der Waals surface area contributed by atoms with Gasteiger partial charge in [0.15, 0.2) is 6.29 Å². The molecule has 82 valence electrons. The Bertz CT molecular complexity index is 731. The van der Waals surface area contributed by atoms with Gasteiger partial charge in [0.25, 0.3) is 0 Å². The molecule has 0 amide bonds. The summed E-state index contributed by atoms with van der Waals surface area (Å²) in [7, 11) is 0. The molecular weight excluding hydrogens is 232 g/mol. The van der Waals surface area contributed by atoms with E-state index in [4.69, 9.17) is 11.6 Å². The zero-order valence-electron chi connectivity index (χ0n) is 8.98. The van der Waals surface area contributed by atoms with E-state index in [0.717, 1.165) is 32.9 Å². The van der Waals surface area contributed by atoms with E-state index in [1.165, 1.54) is 0 Å². The second-order valence-corrected chi connectivity index (χ2v) is 4.41. The van der Waals surface area contributed by atoms with Crippen molar-refractivity contribution in [3.05, 3.63) is 59.1 Å². The third-order valence-electron chi connectivity index (χ3n) is 2.99. The zero-order chi connectivity index (χ0) is 11.8. The molecule has 3 aromatic carbocycles. The first kappa shape index (κ1) is 10.3. The summed E-state index contributed by atoms with van der Waals surface area (Å²) in [5.74, 6) is 0. The third-order valence-corrected chi connectivity index (χ3v) is 3.32. The van der Waals surface area contributed by atoms with E-state index < -0.39 is 0 Å². The first-order valence-electron chi connectivity index (χ1n) is 5.36. The molecule has 2 heteroatoms. The van der Waals surface area contributed by atoms with Crippen LogP contribution in [-0.2, 0) is 0 Å². The number of benzene rings is 3. The predicted octanol–water partition coefficient (Wildman–Crippen LogP) is 4.46. The SMILES string of the molecule is O=Cc1cccc2cc3c(Cl)cccc3cc12. The first-order valence-corrected chi connectivity index (χ1v) is 5.73. The highest BCUT2D eigenvalue weighted by molar-refractivity contribution is 6.36. The predicted molar refractivity (Wildman–Crippen MR) is 71.9 cm³/mol. The molecule has 0 atom stereocenters. The van der Waals surface area contributed by atoms with Gasteiger partial charge in [0.05, 0.1) is 0 Å². The standard InChI is InChI=1S/C15H9ClO/c16-15-6-2-4-11-7-13-10(8-14(11)15)3-1-5-12(13)9-17/h1-9H. The van der Waals surface area contributed by atoms with Gasteiger partial charge in [0.2, 0.25) is 0 Å². The van der Waals surface area contributed by atoms with Crippen molar-refractivity contribution in [3.8, 4) is 0 Å². The number of hydrogen-bond acceptors (Lipinski definition) is 1. The highest BCUT2D eigenvalue weighted by Gasteiger charge is 2.04. The molecule has 0 aliphatic carbocycles. The van der Waals surface area contributed by atoms with Crippen molar-refractivity contribution in [1.29, 1.82) is 0 Å². The van der Waals surface area contributed by atoms with Gasteiger partial charge in [-0.05, 0) is 34.4 Å². The van der Waals surface area contributed by atoms with Crippen LogP contribution in [0.25, 0.3) is 21.5 Å². The molecule has 0 fully saturated rings. The Morgan fingerprint density at radius 2 is 1.53 bits per heavy atom. The van der Waals surface area contributed by atoms with Crippen LogP contribution in [0, 0.1) is 0 Å². The van der Waals surface area contributed by atoms with E-state index in [2.05, 4.69) is 0 Å².